The zero-order valence-electron chi connectivity index (χ0n) is 10.4. The largest absolute Gasteiger partial charge is 0.395 e. The van der Waals surface area contributed by atoms with Crippen LogP contribution in [0.1, 0.15) is 29.0 Å². The predicted molar refractivity (Wildman–Crippen MR) is 70.2 cm³/mol. The van der Waals surface area contributed by atoms with Crippen molar-refractivity contribution in [3.63, 3.8) is 0 Å². The van der Waals surface area contributed by atoms with Gasteiger partial charge in [0.25, 0.3) is 5.91 Å². The standard InChI is InChI=1S/C11H18N4OS/c1-7-8(12)9(15(2)14-7)10(16)13-6-11(17-3)4-5-11/h4-6,12H2,1-3H3,(H,13,16). The summed E-state index contributed by atoms with van der Waals surface area (Å²) in [5.74, 6) is -0.133. The number of nitrogens with two attached hydrogens (primary N) is 1. The Balaban J connectivity index is 2.05. The molecule has 6 heteroatoms. The number of aromatic nitrogens is 2. The van der Waals surface area contributed by atoms with Crippen LogP contribution in [0.2, 0.25) is 0 Å². The Hall–Kier alpha value is -1.17. The lowest BCUT2D eigenvalue weighted by atomic mass is 10.3. The van der Waals surface area contributed by atoms with Crippen LogP contribution in [0.15, 0.2) is 0 Å². The number of aryl methyl sites for hydroxylation is 2. The highest BCUT2D eigenvalue weighted by Crippen LogP contribution is 2.46. The normalized spacial score (nSPS) is 16.9. The van der Waals surface area contributed by atoms with E-state index in [1.165, 1.54) is 12.8 Å². The van der Waals surface area contributed by atoms with Crippen LogP contribution in [-0.2, 0) is 7.05 Å². The minimum absolute atomic E-state index is 0.133. The zero-order chi connectivity index (χ0) is 12.6. The van der Waals surface area contributed by atoms with Crippen molar-refractivity contribution in [2.45, 2.75) is 24.5 Å². The quantitative estimate of drug-likeness (QED) is 0.838. The van der Waals surface area contributed by atoms with Gasteiger partial charge in [-0.3, -0.25) is 9.48 Å². The lowest BCUT2D eigenvalue weighted by Crippen LogP contribution is -2.33. The van der Waals surface area contributed by atoms with Crippen molar-refractivity contribution in [2.24, 2.45) is 7.05 Å². The molecule has 3 N–H and O–H groups in total. The van der Waals surface area contributed by atoms with E-state index in [-0.39, 0.29) is 10.7 Å². The average Bonchev–Trinajstić information content (AvgIpc) is 3.02. The number of thioether (sulfide) groups is 1. The Bertz CT molecular complexity index is 451. The van der Waals surface area contributed by atoms with Crippen LogP contribution >= 0.6 is 11.8 Å². The summed E-state index contributed by atoms with van der Waals surface area (Å²) in [6.45, 7) is 2.51. The van der Waals surface area contributed by atoms with Gasteiger partial charge in [-0.25, -0.2) is 0 Å². The average molecular weight is 254 g/mol. The minimum Gasteiger partial charge on any atom is -0.395 e. The third-order valence-corrected chi connectivity index (χ3v) is 4.71. The van der Waals surface area contributed by atoms with E-state index in [2.05, 4.69) is 16.7 Å². The van der Waals surface area contributed by atoms with Gasteiger partial charge in [-0.2, -0.15) is 16.9 Å². The molecule has 0 radical (unpaired) electrons. The highest BCUT2D eigenvalue weighted by Gasteiger charge is 2.42. The molecule has 1 saturated carbocycles. The summed E-state index contributed by atoms with van der Waals surface area (Å²) >= 11 is 1.82. The van der Waals surface area contributed by atoms with Gasteiger partial charge < -0.3 is 11.1 Å². The molecule has 1 aliphatic rings. The fraction of sp³-hybridized carbons (Fsp3) is 0.636. The number of anilines is 1. The molecule has 94 valence electrons. The SMILES string of the molecule is CSC1(CNC(=O)c2c(N)c(C)nn2C)CC1. The Morgan fingerprint density at radius 3 is 2.71 bits per heavy atom. The van der Waals surface area contributed by atoms with E-state index >= 15 is 0 Å². The molecular formula is C11H18N4OS. The number of amides is 1. The van der Waals surface area contributed by atoms with Gasteiger partial charge in [-0.15, -0.1) is 0 Å². The van der Waals surface area contributed by atoms with E-state index in [1.807, 2.05) is 11.8 Å². The molecule has 2 rings (SSSR count). The Morgan fingerprint density at radius 1 is 1.65 bits per heavy atom. The first kappa shape index (κ1) is 12.3. The van der Waals surface area contributed by atoms with Crippen molar-refractivity contribution < 1.29 is 4.79 Å². The summed E-state index contributed by atoms with van der Waals surface area (Å²) in [7, 11) is 1.74. The molecule has 1 fully saturated rings. The van der Waals surface area contributed by atoms with Crippen LogP contribution in [0.25, 0.3) is 0 Å². The second kappa shape index (κ2) is 4.25. The summed E-state index contributed by atoms with van der Waals surface area (Å²) in [6.07, 6.45) is 4.43. The Kier molecular flexibility index (Phi) is 3.07. The number of nitrogen functional groups attached to an aromatic ring is 1. The molecule has 1 aromatic rings. The third kappa shape index (κ3) is 2.26. The van der Waals surface area contributed by atoms with Gasteiger partial charge in [0.05, 0.1) is 11.4 Å². The topological polar surface area (TPSA) is 72.9 Å². The highest BCUT2D eigenvalue weighted by molar-refractivity contribution is 8.00. The molecule has 0 unspecified atom stereocenters. The minimum atomic E-state index is -0.133. The van der Waals surface area contributed by atoms with Crippen LogP contribution in [0.4, 0.5) is 5.69 Å². The maximum absolute atomic E-state index is 12.0. The first-order valence-corrected chi connectivity index (χ1v) is 6.84. The fourth-order valence-corrected chi connectivity index (χ4v) is 2.59. The molecule has 1 aliphatic carbocycles. The van der Waals surface area contributed by atoms with E-state index < -0.39 is 0 Å². The van der Waals surface area contributed by atoms with Gasteiger partial charge in [0, 0.05) is 18.3 Å². The van der Waals surface area contributed by atoms with E-state index in [1.54, 1.807) is 18.7 Å². The highest BCUT2D eigenvalue weighted by atomic mass is 32.2. The van der Waals surface area contributed by atoms with Crippen LogP contribution in [-0.4, -0.2) is 33.2 Å². The molecule has 17 heavy (non-hydrogen) atoms. The molecule has 0 saturated heterocycles. The molecule has 5 nitrogen and oxygen atoms in total. The molecule has 0 aliphatic heterocycles. The molecule has 0 spiro atoms. The number of rotatable bonds is 4. The number of carbonyl (C=O) groups excluding carboxylic acids is 1. The molecule has 1 aromatic heterocycles. The van der Waals surface area contributed by atoms with E-state index in [4.69, 9.17) is 5.73 Å². The summed E-state index contributed by atoms with van der Waals surface area (Å²) in [6, 6.07) is 0. The number of nitrogens with zero attached hydrogens (tertiary/aromatic N) is 2. The number of nitrogens with one attached hydrogen (secondary N) is 1. The van der Waals surface area contributed by atoms with Crippen molar-refractivity contribution in [1.29, 1.82) is 0 Å². The van der Waals surface area contributed by atoms with Crippen LogP contribution in [0.3, 0.4) is 0 Å². The molecule has 0 atom stereocenters. The maximum atomic E-state index is 12.0. The van der Waals surface area contributed by atoms with Gasteiger partial charge in [0.2, 0.25) is 0 Å². The number of hydrogen-bond acceptors (Lipinski definition) is 4. The summed E-state index contributed by atoms with van der Waals surface area (Å²) < 4.78 is 1.80. The van der Waals surface area contributed by atoms with E-state index in [0.717, 1.165) is 0 Å². The summed E-state index contributed by atoms with van der Waals surface area (Å²) in [4.78, 5) is 12.0. The molecule has 0 aromatic carbocycles. The molecule has 1 amide bonds. The fourth-order valence-electron chi connectivity index (χ4n) is 1.86. The van der Waals surface area contributed by atoms with Crippen molar-refractivity contribution in [3.8, 4) is 0 Å². The van der Waals surface area contributed by atoms with Crippen molar-refractivity contribution >= 4 is 23.4 Å². The summed E-state index contributed by atoms with van der Waals surface area (Å²) in [5, 5.41) is 7.08. The lowest BCUT2D eigenvalue weighted by Gasteiger charge is -2.13. The van der Waals surface area contributed by atoms with Gasteiger partial charge in [0.1, 0.15) is 5.69 Å². The van der Waals surface area contributed by atoms with Crippen molar-refractivity contribution in [2.75, 3.05) is 18.5 Å². The zero-order valence-corrected chi connectivity index (χ0v) is 11.2. The predicted octanol–water partition coefficient (Wildman–Crippen LogP) is 0.936. The first-order valence-electron chi connectivity index (χ1n) is 5.61. The smallest absolute Gasteiger partial charge is 0.271 e. The number of hydrogen-bond donors (Lipinski definition) is 2. The van der Waals surface area contributed by atoms with Gasteiger partial charge in [-0.1, -0.05) is 0 Å². The third-order valence-electron chi connectivity index (χ3n) is 3.30. The van der Waals surface area contributed by atoms with Gasteiger partial charge >= 0.3 is 0 Å². The second-order valence-corrected chi connectivity index (χ2v) is 5.82. The van der Waals surface area contributed by atoms with Crippen molar-refractivity contribution in [1.82, 2.24) is 15.1 Å². The van der Waals surface area contributed by atoms with Crippen LogP contribution < -0.4 is 11.1 Å². The maximum Gasteiger partial charge on any atom is 0.271 e. The van der Waals surface area contributed by atoms with Crippen LogP contribution in [0.5, 0.6) is 0 Å². The first-order chi connectivity index (χ1) is 7.99. The van der Waals surface area contributed by atoms with Gasteiger partial charge in [-0.05, 0) is 26.0 Å². The monoisotopic (exact) mass is 254 g/mol. The summed E-state index contributed by atoms with van der Waals surface area (Å²) in [5.41, 5.74) is 7.47. The van der Waals surface area contributed by atoms with Crippen molar-refractivity contribution in [3.05, 3.63) is 11.4 Å². The molecular weight excluding hydrogens is 236 g/mol. The van der Waals surface area contributed by atoms with E-state index in [9.17, 15) is 4.79 Å². The second-order valence-electron chi connectivity index (χ2n) is 4.54. The van der Waals surface area contributed by atoms with Gasteiger partial charge in [0.15, 0.2) is 0 Å². The Labute approximate surface area is 105 Å². The molecule has 0 bridgehead atoms. The van der Waals surface area contributed by atoms with E-state index in [0.29, 0.717) is 23.6 Å². The lowest BCUT2D eigenvalue weighted by molar-refractivity contribution is 0.0944. The Morgan fingerprint density at radius 2 is 2.29 bits per heavy atom. The van der Waals surface area contributed by atoms with Crippen LogP contribution in [0, 0.1) is 6.92 Å². The molecule has 1 heterocycles. The number of carbonyl (C=O) groups is 1.